The number of carbonyl (C=O) groups excluding carboxylic acids is 2. The lowest BCUT2D eigenvalue weighted by Gasteiger charge is -2.66. The summed E-state index contributed by atoms with van der Waals surface area (Å²) in [7, 11) is 4.61. The Kier molecular flexibility index (Phi) is 24.8. The molecule has 29 heteroatoms. The lowest BCUT2D eigenvalue weighted by atomic mass is 9.42. The van der Waals surface area contributed by atoms with Crippen LogP contribution in [-0.2, 0) is 90.1 Å². The van der Waals surface area contributed by atoms with E-state index >= 15 is 0 Å². The largest absolute Gasteiger partial charge is 0.462 e. The zero-order valence-electron chi connectivity index (χ0n) is 57.9. The minimum Gasteiger partial charge on any atom is -0.462 e. The van der Waals surface area contributed by atoms with Gasteiger partial charge in [-0.1, -0.05) is 27.7 Å². The molecule has 10 aliphatic rings. The molecule has 37 atom stereocenters. The van der Waals surface area contributed by atoms with Crippen LogP contribution in [0.2, 0.25) is 0 Å². The molecule has 0 unspecified atom stereocenters. The van der Waals surface area contributed by atoms with Gasteiger partial charge in [0.2, 0.25) is 0 Å². The third kappa shape index (κ3) is 14.6. The molecule has 0 aromatic carbocycles. The molecule has 10 rings (SSSR count). The number of carbonyl (C=O) groups is 2. The molecule has 96 heavy (non-hydrogen) atoms. The number of fused-ring (bicyclic) bond motifs is 5. The highest BCUT2D eigenvalue weighted by Crippen LogP contribution is 2.71. The molecule has 0 spiro atoms. The summed E-state index contributed by atoms with van der Waals surface area (Å²) in [5.74, 6) is -1.27. The molecule has 0 bridgehead atoms. The first-order chi connectivity index (χ1) is 45.4. The molecule has 0 radical (unpaired) electrons. The summed E-state index contributed by atoms with van der Waals surface area (Å²) in [6.45, 7) is 16.6. The Morgan fingerprint density at radius 3 is 1.53 bits per heavy atom. The summed E-state index contributed by atoms with van der Waals surface area (Å²) >= 11 is 0. The molecule has 554 valence electrons. The Balaban J connectivity index is 0.683. The van der Waals surface area contributed by atoms with E-state index in [2.05, 4.69) is 6.92 Å². The molecule has 10 N–H and O–H groups in total. The fourth-order valence-corrected chi connectivity index (χ4v) is 18.3. The monoisotopic (exact) mass is 1380 g/mol. The average molecular weight is 1380 g/mol. The van der Waals surface area contributed by atoms with Crippen LogP contribution in [0.1, 0.15) is 153 Å². The maximum atomic E-state index is 13.1. The zero-order chi connectivity index (χ0) is 69.8. The van der Waals surface area contributed by atoms with Gasteiger partial charge in [-0.3, -0.25) is 9.59 Å². The normalized spacial score (nSPS) is 51.3. The molecule has 6 heterocycles. The number of esters is 2. The number of methoxy groups -OCH3 is 3. The molecule has 29 nitrogen and oxygen atoms in total. The molecule has 0 amide bonds. The van der Waals surface area contributed by atoms with Crippen LogP contribution in [0.3, 0.4) is 0 Å². The molecule has 0 aromatic heterocycles. The summed E-state index contributed by atoms with van der Waals surface area (Å²) in [5, 5.41) is 111. The minimum atomic E-state index is -1.82. The summed E-state index contributed by atoms with van der Waals surface area (Å²) in [5.41, 5.74) is -4.59. The van der Waals surface area contributed by atoms with E-state index < -0.39 is 214 Å². The molecule has 0 aromatic rings. The van der Waals surface area contributed by atoms with Crippen LogP contribution in [0.15, 0.2) is 0 Å². The van der Waals surface area contributed by atoms with Gasteiger partial charge in [0, 0.05) is 53.9 Å². The molecule has 4 aliphatic carbocycles. The van der Waals surface area contributed by atoms with E-state index in [0.717, 1.165) is 19.3 Å². The Hall–Kier alpha value is -2.06. The van der Waals surface area contributed by atoms with Gasteiger partial charge in [0.25, 0.3) is 0 Å². The second kappa shape index (κ2) is 31.1. The van der Waals surface area contributed by atoms with E-state index in [-0.39, 0.29) is 73.7 Å². The maximum absolute atomic E-state index is 13.1. The quantitative estimate of drug-likeness (QED) is 0.0531. The number of hydrogen-bond acceptors (Lipinski definition) is 29. The Morgan fingerprint density at radius 1 is 0.531 bits per heavy atom. The summed E-state index contributed by atoms with van der Waals surface area (Å²) in [4.78, 5) is 25.9. The molecular weight excluding hydrogens is 1270 g/mol. The van der Waals surface area contributed by atoms with E-state index in [1.807, 2.05) is 34.6 Å². The van der Waals surface area contributed by atoms with Gasteiger partial charge in [-0.25, -0.2) is 0 Å². The van der Waals surface area contributed by atoms with Crippen molar-refractivity contribution < 1.29 is 141 Å². The average Bonchev–Trinajstić information content (AvgIpc) is 1.47. The van der Waals surface area contributed by atoms with Crippen LogP contribution < -0.4 is 0 Å². The van der Waals surface area contributed by atoms with Crippen molar-refractivity contribution in [2.75, 3.05) is 34.5 Å². The number of hydrogen-bond donors (Lipinski definition) is 10. The number of rotatable bonds is 22. The maximum Gasteiger partial charge on any atom is 0.309 e. The van der Waals surface area contributed by atoms with Gasteiger partial charge in [0.1, 0.15) is 91.1 Å². The molecule has 10 fully saturated rings. The fraction of sp³-hybridized carbons (Fsp3) is 0.970. The van der Waals surface area contributed by atoms with Crippen LogP contribution >= 0.6 is 0 Å². The van der Waals surface area contributed by atoms with Gasteiger partial charge in [-0.2, -0.15) is 0 Å². The SMILES string of the molecule is CC[C@@H](C)C(=O)O[C@H](C)[C@@]1(O)CC[C@@]2(O)[C@@H]3CC[C@H]4C[C@@H](O[C@@H]5C[C@@H](O)[C@@H](O[C@@H]6C[C@H](OC)[C@@H](O[C@@H]7C[C@@H](OC)[C@H](O[C@H]8C[C@H](OC)[C@H](O[C@H]9O[C@H](CO)[C@@H](O[C@@H]%10O[C@@H](CO)[C@@H](O)[C@H](O)[C@@H]%10O)[C@H](O)[C@@H]9O)[C@H](C)O8)[C@@H](C)O7)[C@@H](C)O6)[C@@H](C)O5)CC[C@@]4(C)[C@H]3C[C@H](OC(C)=O)[C@@]21C. The van der Waals surface area contributed by atoms with Crippen LogP contribution in [0.25, 0.3) is 0 Å². The predicted molar refractivity (Wildman–Crippen MR) is 329 cm³/mol. The molecular formula is C67H112O29. The van der Waals surface area contributed by atoms with Crippen LogP contribution in [0.5, 0.6) is 0 Å². The third-order valence-electron chi connectivity index (χ3n) is 24.3. The van der Waals surface area contributed by atoms with E-state index in [4.69, 9.17) is 80.5 Å². The van der Waals surface area contributed by atoms with Gasteiger partial charge in [0.15, 0.2) is 37.7 Å². The minimum absolute atomic E-state index is 0.0258. The Bertz CT molecular complexity index is 2530. The third-order valence-corrected chi connectivity index (χ3v) is 24.3. The lowest BCUT2D eigenvalue weighted by Crippen LogP contribution is -2.72. The van der Waals surface area contributed by atoms with Crippen molar-refractivity contribution in [2.24, 2.45) is 34.5 Å². The first-order valence-corrected chi connectivity index (χ1v) is 35.0. The van der Waals surface area contributed by atoms with Crippen molar-refractivity contribution in [3.05, 3.63) is 0 Å². The smallest absolute Gasteiger partial charge is 0.309 e. The topological polar surface area (TPSA) is 393 Å². The summed E-state index contributed by atoms with van der Waals surface area (Å²) in [6, 6.07) is 0. The Morgan fingerprint density at radius 2 is 1.02 bits per heavy atom. The van der Waals surface area contributed by atoms with E-state index in [0.29, 0.717) is 25.7 Å². The fourth-order valence-electron chi connectivity index (χ4n) is 18.3. The van der Waals surface area contributed by atoms with E-state index in [1.165, 1.54) is 14.0 Å². The number of aliphatic hydroxyl groups is 10. The van der Waals surface area contributed by atoms with E-state index in [9.17, 15) is 60.7 Å². The standard InChI is InChI=1S/C67H112O29/c1-14-29(2)61(77)87-34(7)66(78)19-20-67(79)38-16-15-36-21-37(17-18-64(36,9)39(38)22-46(65(66,67)10)88-35(8)70)89-47-23-40(71)56(30(3)83-47)92-48-24-41(80-11)57(31(4)84-48)93-49-25-42(81-12)58(32(5)85-49)94-50-26-43(82-13)59(33(6)86-50)95-63-55(76)53(74)60(45(28-69)91-63)96-62-54(75)52(73)51(72)44(27-68)90-62/h29-34,36-60,62-63,68-69,71-76,78-79H,14-28H2,1-13H3/t29-,30-,31-,32-,33+,34-,36+,37+,38-,39+,40-,41+,42-,43+,44+,45-,46+,47-,48-,49-,50+,51-,52+,53-,54+,55+,56+,57+,58-,59-,60-,62+,63-,64-,65-,66+,67-/m1/s1. The van der Waals surface area contributed by atoms with Crippen LogP contribution in [0, 0.1) is 34.5 Å². The van der Waals surface area contributed by atoms with Gasteiger partial charge < -0.3 is 132 Å². The molecule has 6 saturated heterocycles. The molecule has 4 saturated carbocycles. The van der Waals surface area contributed by atoms with E-state index in [1.54, 1.807) is 35.0 Å². The Labute approximate surface area is 562 Å². The van der Waals surface area contributed by atoms with Gasteiger partial charge in [-0.15, -0.1) is 0 Å². The van der Waals surface area contributed by atoms with Crippen molar-refractivity contribution in [1.82, 2.24) is 0 Å². The number of ether oxygens (including phenoxy) is 17. The van der Waals surface area contributed by atoms with Gasteiger partial charge in [0.05, 0.1) is 85.1 Å². The lowest BCUT2D eigenvalue weighted by molar-refractivity contribution is -0.376. The van der Waals surface area contributed by atoms with Crippen molar-refractivity contribution in [3.8, 4) is 0 Å². The van der Waals surface area contributed by atoms with Crippen molar-refractivity contribution in [2.45, 2.75) is 342 Å². The summed E-state index contributed by atoms with van der Waals surface area (Å²) in [6.07, 6.45) is -23.4. The first kappa shape index (κ1) is 76.6. The van der Waals surface area contributed by atoms with Crippen LogP contribution in [-0.4, -0.2) is 287 Å². The highest BCUT2D eigenvalue weighted by atomic mass is 16.8. The highest BCUT2D eigenvalue weighted by molar-refractivity contribution is 5.72. The summed E-state index contributed by atoms with van der Waals surface area (Å²) < 4.78 is 105. The van der Waals surface area contributed by atoms with Crippen molar-refractivity contribution >= 4 is 11.9 Å². The van der Waals surface area contributed by atoms with Gasteiger partial charge in [-0.05, 0) is 116 Å². The predicted octanol–water partition coefficient (Wildman–Crippen LogP) is 0.890. The van der Waals surface area contributed by atoms with Crippen molar-refractivity contribution in [3.63, 3.8) is 0 Å². The van der Waals surface area contributed by atoms with Crippen molar-refractivity contribution in [1.29, 1.82) is 0 Å². The second-order valence-corrected chi connectivity index (χ2v) is 29.6. The first-order valence-electron chi connectivity index (χ1n) is 35.0. The zero-order valence-corrected chi connectivity index (χ0v) is 57.9. The van der Waals surface area contributed by atoms with Gasteiger partial charge >= 0.3 is 11.9 Å². The number of aliphatic hydroxyl groups excluding tert-OH is 8. The van der Waals surface area contributed by atoms with Crippen LogP contribution in [0.4, 0.5) is 0 Å². The molecule has 6 aliphatic heterocycles. The second-order valence-electron chi connectivity index (χ2n) is 29.6. The highest BCUT2D eigenvalue weighted by Gasteiger charge is 2.77.